The predicted molar refractivity (Wildman–Crippen MR) is 122 cm³/mol. The molecule has 0 spiro atoms. The summed E-state index contributed by atoms with van der Waals surface area (Å²) < 4.78 is 27.6. The highest BCUT2D eigenvalue weighted by atomic mass is 32.2. The molecule has 0 radical (unpaired) electrons. The van der Waals surface area contributed by atoms with E-state index in [-0.39, 0.29) is 17.1 Å². The molecule has 1 aromatic heterocycles. The second-order valence-electron chi connectivity index (χ2n) is 7.81. The third kappa shape index (κ3) is 5.61. The minimum absolute atomic E-state index is 0.227. The van der Waals surface area contributed by atoms with Crippen molar-refractivity contribution in [1.82, 2.24) is 30.1 Å². The lowest BCUT2D eigenvalue weighted by Gasteiger charge is -2.40. The van der Waals surface area contributed by atoms with Crippen LogP contribution in [0.2, 0.25) is 0 Å². The molecule has 11 heteroatoms. The lowest BCUT2D eigenvalue weighted by Crippen LogP contribution is -2.61. The number of nitrogens with one attached hydrogen (secondary N) is 4. The molecule has 1 unspecified atom stereocenters. The molecule has 2 aliphatic heterocycles. The number of rotatable bonds is 6. The molecule has 0 aliphatic carbocycles. The predicted octanol–water partition coefficient (Wildman–Crippen LogP) is 0.229. The quantitative estimate of drug-likeness (QED) is 0.488. The Morgan fingerprint density at radius 3 is 2.53 bits per heavy atom. The molecule has 1 aromatic carbocycles. The van der Waals surface area contributed by atoms with Gasteiger partial charge >= 0.3 is 6.03 Å². The van der Waals surface area contributed by atoms with Crippen LogP contribution in [0.5, 0.6) is 0 Å². The van der Waals surface area contributed by atoms with E-state index >= 15 is 0 Å². The highest BCUT2D eigenvalue weighted by molar-refractivity contribution is 7.89. The second kappa shape index (κ2) is 10.4. The number of carbonyl (C=O) groups is 1. The first-order valence-corrected chi connectivity index (χ1v) is 12.2. The normalized spacial score (nSPS) is 20.6. The van der Waals surface area contributed by atoms with E-state index in [0.29, 0.717) is 38.4 Å². The maximum Gasteiger partial charge on any atom is 0.319 e. The van der Waals surface area contributed by atoms with Gasteiger partial charge in [0.1, 0.15) is 0 Å². The van der Waals surface area contributed by atoms with Crippen LogP contribution in [0.1, 0.15) is 5.56 Å². The number of pyridine rings is 1. The average Bonchev–Trinajstić information content (AvgIpc) is 2.84. The van der Waals surface area contributed by atoms with Crippen LogP contribution in [-0.4, -0.2) is 80.6 Å². The fourth-order valence-corrected chi connectivity index (χ4v) is 5.29. The SMILES string of the molecule is O=C(NCc1cccnc1)Nc1ccc(S(=O)(=O)N2CCN(C3CNCCN3)CC2)cc1. The molecule has 2 aromatic rings. The standard InChI is InChI=1S/C21H29N7O3S/c29-21(25-15-17-2-1-7-22-14-17)26-18-3-5-19(6-4-18)32(30,31)28-12-10-27(11-13-28)20-16-23-8-9-24-20/h1-7,14,20,23-24H,8-13,15-16H2,(H2,25,26,29). The molecule has 0 saturated carbocycles. The molecule has 0 bridgehead atoms. The first kappa shape index (κ1) is 22.6. The van der Waals surface area contributed by atoms with Crippen LogP contribution in [0.3, 0.4) is 0 Å². The van der Waals surface area contributed by atoms with Gasteiger partial charge in [-0.25, -0.2) is 13.2 Å². The van der Waals surface area contributed by atoms with Crippen LogP contribution in [0.25, 0.3) is 0 Å². The van der Waals surface area contributed by atoms with Gasteiger partial charge in [-0.3, -0.25) is 15.2 Å². The summed E-state index contributed by atoms with van der Waals surface area (Å²) in [6.45, 7) is 5.40. The van der Waals surface area contributed by atoms with Crippen molar-refractivity contribution < 1.29 is 13.2 Å². The van der Waals surface area contributed by atoms with E-state index in [1.165, 1.54) is 16.4 Å². The molecule has 1 atom stereocenters. The molecule has 2 amide bonds. The van der Waals surface area contributed by atoms with Gasteiger partial charge in [-0.05, 0) is 35.9 Å². The van der Waals surface area contributed by atoms with Crippen molar-refractivity contribution in [3.05, 3.63) is 54.4 Å². The van der Waals surface area contributed by atoms with E-state index in [0.717, 1.165) is 25.2 Å². The number of hydrogen-bond acceptors (Lipinski definition) is 7. The smallest absolute Gasteiger partial charge is 0.319 e. The number of nitrogens with zero attached hydrogens (tertiary/aromatic N) is 3. The zero-order valence-corrected chi connectivity index (χ0v) is 18.6. The van der Waals surface area contributed by atoms with E-state index in [9.17, 15) is 13.2 Å². The molecular formula is C21H29N7O3S. The molecular weight excluding hydrogens is 430 g/mol. The first-order valence-electron chi connectivity index (χ1n) is 10.7. The maximum atomic E-state index is 13.0. The van der Waals surface area contributed by atoms with Gasteiger partial charge in [-0.15, -0.1) is 0 Å². The summed E-state index contributed by atoms with van der Waals surface area (Å²) in [5, 5.41) is 12.3. The minimum atomic E-state index is -3.57. The Labute approximate surface area is 188 Å². The number of hydrogen-bond donors (Lipinski definition) is 4. The highest BCUT2D eigenvalue weighted by Gasteiger charge is 2.31. The van der Waals surface area contributed by atoms with Crippen LogP contribution < -0.4 is 21.3 Å². The van der Waals surface area contributed by atoms with Gasteiger partial charge in [0.25, 0.3) is 0 Å². The lowest BCUT2D eigenvalue weighted by atomic mass is 10.3. The summed E-state index contributed by atoms with van der Waals surface area (Å²) in [6, 6.07) is 9.57. The third-order valence-corrected chi connectivity index (χ3v) is 7.57. The number of anilines is 1. The Balaban J connectivity index is 1.29. The number of benzene rings is 1. The van der Waals surface area contributed by atoms with Crippen LogP contribution in [-0.2, 0) is 16.6 Å². The minimum Gasteiger partial charge on any atom is -0.334 e. The number of aromatic nitrogens is 1. The Morgan fingerprint density at radius 2 is 1.88 bits per heavy atom. The van der Waals surface area contributed by atoms with Gasteiger partial charge in [-0.2, -0.15) is 4.31 Å². The monoisotopic (exact) mass is 459 g/mol. The van der Waals surface area contributed by atoms with E-state index in [1.54, 1.807) is 30.6 Å². The van der Waals surface area contributed by atoms with E-state index < -0.39 is 10.0 Å². The van der Waals surface area contributed by atoms with Crippen LogP contribution in [0.4, 0.5) is 10.5 Å². The molecule has 2 saturated heterocycles. The highest BCUT2D eigenvalue weighted by Crippen LogP contribution is 2.20. The van der Waals surface area contributed by atoms with Crippen molar-refractivity contribution in [3.63, 3.8) is 0 Å². The van der Waals surface area contributed by atoms with Crippen molar-refractivity contribution in [2.45, 2.75) is 17.6 Å². The van der Waals surface area contributed by atoms with Crippen molar-refractivity contribution in [2.75, 3.05) is 51.1 Å². The number of urea groups is 1. The largest absolute Gasteiger partial charge is 0.334 e. The van der Waals surface area contributed by atoms with Crippen LogP contribution >= 0.6 is 0 Å². The Morgan fingerprint density at radius 1 is 1.09 bits per heavy atom. The number of carbonyl (C=O) groups excluding carboxylic acids is 1. The molecule has 2 aliphatic rings. The van der Waals surface area contributed by atoms with Gasteiger partial charge in [0.2, 0.25) is 10.0 Å². The zero-order chi connectivity index (χ0) is 22.4. The van der Waals surface area contributed by atoms with Crippen molar-refractivity contribution in [3.8, 4) is 0 Å². The number of sulfonamides is 1. The van der Waals surface area contributed by atoms with Gasteiger partial charge < -0.3 is 16.0 Å². The Hall–Kier alpha value is -2.57. The fraction of sp³-hybridized carbons (Fsp3) is 0.429. The van der Waals surface area contributed by atoms with Gasteiger partial charge in [0.05, 0.1) is 11.1 Å². The summed E-state index contributed by atoms with van der Waals surface area (Å²) >= 11 is 0. The molecule has 172 valence electrons. The molecule has 2 fully saturated rings. The number of piperazine rings is 2. The van der Waals surface area contributed by atoms with Crippen molar-refractivity contribution in [2.24, 2.45) is 0 Å². The lowest BCUT2D eigenvalue weighted by molar-refractivity contribution is 0.105. The average molecular weight is 460 g/mol. The van der Waals surface area contributed by atoms with E-state index in [1.807, 2.05) is 6.07 Å². The summed E-state index contributed by atoms with van der Waals surface area (Å²) in [5.74, 6) is 0. The topological polar surface area (TPSA) is 119 Å². The number of amides is 2. The van der Waals surface area contributed by atoms with E-state index in [4.69, 9.17) is 0 Å². The van der Waals surface area contributed by atoms with Crippen molar-refractivity contribution in [1.29, 1.82) is 0 Å². The van der Waals surface area contributed by atoms with Crippen LogP contribution in [0, 0.1) is 0 Å². The summed E-state index contributed by atoms with van der Waals surface area (Å²) in [4.78, 5) is 18.6. The van der Waals surface area contributed by atoms with Crippen molar-refractivity contribution >= 4 is 21.7 Å². The second-order valence-corrected chi connectivity index (χ2v) is 9.75. The first-order chi connectivity index (χ1) is 15.5. The zero-order valence-electron chi connectivity index (χ0n) is 17.8. The molecule has 32 heavy (non-hydrogen) atoms. The van der Waals surface area contributed by atoms with Gasteiger partial charge in [0.15, 0.2) is 0 Å². The molecule has 4 rings (SSSR count). The summed E-state index contributed by atoms with van der Waals surface area (Å²) in [5.41, 5.74) is 1.41. The van der Waals surface area contributed by atoms with E-state index in [2.05, 4.69) is 31.2 Å². The summed E-state index contributed by atoms with van der Waals surface area (Å²) in [6.07, 6.45) is 3.61. The van der Waals surface area contributed by atoms with Gasteiger partial charge in [-0.1, -0.05) is 6.07 Å². The van der Waals surface area contributed by atoms with Gasteiger partial charge in [0, 0.05) is 70.4 Å². The maximum absolute atomic E-state index is 13.0. The molecule has 3 heterocycles. The molecule has 4 N–H and O–H groups in total. The third-order valence-electron chi connectivity index (χ3n) is 5.66. The fourth-order valence-electron chi connectivity index (χ4n) is 3.87. The Kier molecular flexibility index (Phi) is 7.33. The summed E-state index contributed by atoms with van der Waals surface area (Å²) in [7, 11) is -3.57. The molecule has 10 nitrogen and oxygen atoms in total. The Bertz CT molecular complexity index is 988. The van der Waals surface area contributed by atoms with Crippen LogP contribution in [0.15, 0.2) is 53.7 Å².